The van der Waals surface area contributed by atoms with Gasteiger partial charge in [0.1, 0.15) is 0 Å². The van der Waals surface area contributed by atoms with Crippen LogP contribution in [0.1, 0.15) is 40.7 Å². The standard InChI is InChI=1S/C18H23N3O2/c1-13-6-7-15(9-14(13)2)18(22)20-16-10-19-21(11-16)12-17-5-3-4-8-23-17/h6-7,9-11,17H,3-5,8,12H2,1-2H3,(H,20,22). The second-order valence-electron chi connectivity index (χ2n) is 6.19. The maximum atomic E-state index is 12.3. The molecule has 0 spiro atoms. The van der Waals surface area contributed by atoms with Gasteiger partial charge in [0, 0.05) is 18.4 Å². The number of amides is 1. The molecule has 0 aliphatic carbocycles. The van der Waals surface area contributed by atoms with E-state index in [4.69, 9.17) is 4.74 Å². The monoisotopic (exact) mass is 313 g/mol. The Morgan fingerprint density at radius 1 is 1.35 bits per heavy atom. The number of rotatable bonds is 4. The minimum atomic E-state index is -0.110. The van der Waals surface area contributed by atoms with E-state index >= 15 is 0 Å². The molecule has 1 aromatic carbocycles. The van der Waals surface area contributed by atoms with Crippen molar-refractivity contribution in [3.8, 4) is 0 Å². The third-order valence-corrected chi connectivity index (χ3v) is 4.32. The molecule has 1 N–H and O–H groups in total. The van der Waals surface area contributed by atoms with E-state index in [1.807, 2.05) is 42.9 Å². The van der Waals surface area contributed by atoms with Crippen LogP contribution in [0.15, 0.2) is 30.6 Å². The Morgan fingerprint density at radius 2 is 2.22 bits per heavy atom. The van der Waals surface area contributed by atoms with Crippen LogP contribution in [0.5, 0.6) is 0 Å². The molecule has 0 radical (unpaired) electrons. The van der Waals surface area contributed by atoms with Crippen LogP contribution in [0.3, 0.4) is 0 Å². The summed E-state index contributed by atoms with van der Waals surface area (Å²) >= 11 is 0. The third-order valence-electron chi connectivity index (χ3n) is 4.32. The molecule has 1 aromatic heterocycles. The zero-order valence-electron chi connectivity index (χ0n) is 13.7. The van der Waals surface area contributed by atoms with Crippen LogP contribution in [0, 0.1) is 13.8 Å². The topological polar surface area (TPSA) is 56.2 Å². The largest absolute Gasteiger partial charge is 0.376 e. The lowest BCUT2D eigenvalue weighted by Gasteiger charge is -2.22. The number of carbonyl (C=O) groups excluding carboxylic acids is 1. The molecule has 0 saturated carbocycles. The fourth-order valence-electron chi connectivity index (χ4n) is 2.77. The molecule has 23 heavy (non-hydrogen) atoms. The summed E-state index contributed by atoms with van der Waals surface area (Å²) in [6, 6.07) is 5.72. The number of ether oxygens (including phenoxy) is 1. The van der Waals surface area contributed by atoms with E-state index in [9.17, 15) is 4.79 Å². The van der Waals surface area contributed by atoms with Gasteiger partial charge in [0.05, 0.1) is 24.5 Å². The maximum absolute atomic E-state index is 12.3. The molecule has 1 amide bonds. The first-order chi connectivity index (χ1) is 11.1. The first kappa shape index (κ1) is 15.7. The fourth-order valence-corrected chi connectivity index (χ4v) is 2.77. The molecule has 1 unspecified atom stereocenters. The van der Waals surface area contributed by atoms with Crippen LogP contribution in [0.4, 0.5) is 5.69 Å². The summed E-state index contributed by atoms with van der Waals surface area (Å²) in [5.41, 5.74) is 3.67. The molecule has 1 aliphatic heterocycles. The number of aromatic nitrogens is 2. The number of benzene rings is 1. The van der Waals surface area contributed by atoms with Crippen molar-refractivity contribution in [2.24, 2.45) is 0 Å². The van der Waals surface area contributed by atoms with Crippen LogP contribution in [0.25, 0.3) is 0 Å². The van der Waals surface area contributed by atoms with E-state index in [-0.39, 0.29) is 12.0 Å². The number of carbonyl (C=O) groups is 1. The second-order valence-corrected chi connectivity index (χ2v) is 6.19. The predicted octanol–water partition coefficient (Wildman–Crippen LogP) is 3.32. The number of hydrogen-bond acceptors (Lipinski definition) is 3. The molecule has 0 bridgehead atoms. The van der Waals surface area contributed by atoms with Crippen LogP contribution >= 0.6 is 0 Å². The number of nitrogens with zero attached hydrogens (tertiary/aromatic N) is 2. The lowest BCUT2D eigenvalue weighted by atomic mass is 10.1. The minimum Gasteiger partial charge on any atom is -0.376 e. The highest BCUT2D eigenvalue weighted by Crippen LogP contribution is 2.16. The third kappa shape index (κ3) is 3.99. The lowest BCUT2D eigenvalue weighted by Crippen LogP contribution is -2.24. The molecule has 5 heteroatoms. The maximum Gasteiger partial charge on any atom is 0.255 e. The van der Waals surface area contributed by atoms with Crippen molar-refractivity contribution in [3.05, 3.63) is 47.3 Å². The van der Waals surface area contributed by atoms with Crippen molar-refractivity contribution in [3.63, 3.8) is 0 Å². The molecule has 2 aromatic rings. The lowest BCUT2D eigenvalue weighted by molar-refractivity contribution is 0.00401. The van der Waals surface area contributed by atoms with Crippen molar-refractivity contribution < 1.29 is 9.53 Å². The Bertz CT molecular complexity index is 687. The molecular formula is C18H23N3O2. The van der Waals surface area contributed by atoms with E-state index in [0.717, 1.165) is 31.6 Å². The second kappa shape index (κ2) is 6.96. The molecule has 122 valence electrons. The SMILES string of the molecule is Cc1ccc(C(=O)Nc2cnn(CC3CCCCO3)c2)cc1C. The fraction of sp³-hybridized carbons (Fsp3) is 0.444. The van der Waals surface area contributed by atoms with Gasteiger partial charge in [-0.25, -0.2) is 0 Å². The summed E-state index contributed by atoms with van der Waals surface area (Å²) in [5.74, 6) is -0.110. The van der Waals surface area contributed by atoms with Gasteiger partial charge in [0.15, 0.2) is 0 Å². The van der Waals surface area contributed by atoms with E-state index in [1.54, 1.807) is 6.20 Å². The predicted molar refractivity (Wildman–Crippen MR) is 89.7 cm³/mol. The summed E-state index contributed by atoms with van der Waals surface area (Å²) in [6.45, 7) is 5.62. The van der Waals surface area contributed by atoms with E-state index < -0.39 is 0 Å². The van der Waals surface area contributed by atoms with Crippen LogP contribution in [-0.2, 0) is 11.3 Å². The van der Waals surface area contributed by atoms with E-state index in [2.05, 4.69) is 10.4 Å². The summed E-state index contributed by atoms with van der Waals surface area (Å²) in [5, 5.41) is 7.21. The van der Waals surface area contributed by atoms with Gasteiger partial charge in [-0.3, -0.25) is 9.48 Å². The van der Waals surface area contributed by atoms with Gasteiger partial charge in [-0.2, -0.15) is 5.10 Å². The number of hydrogen-bond donors (Lipinski definition) is 1. The highest BCUT2D eigenvalue weighted by atomic mass is 16.5. The first-order valence-electron chi connectivity index (χ1n) is 8.14. The zero-order chi connectivity index (χ0) is 16.2. The van der Waals surface area contributed by atoms with Gasteiger partial charge in [0.25, 0.3) is 5.91 Å². The molecule has 2 heterocycles. The van der Waals surface area contributed by atoms with Crippen molar-refractivity contribution >= 4 is 11.6 Å². The van der Waals surface area contributed by atoms with Crippen molar-refractivity contribution in [1.29, 1.82) is 0 Å². The van der Waals surface area contributed by atoms with E-state index in [0.29, 0.717) is 11.3 Å². The summed E-state index contributed by atoms with van der Waals surface area (Å²) in [6.07, 6.45) is 7.20. The molecule has 1 atom stereocenters. The van der Waals surface area contributed by atoms with Gasteiger partial charge in [-0.15, -0.1) is 0 Å². The average molecular weight is 313 g/mol. The van der Waals surface area contributed by atoms with Gasteiger partial charge in [-0.1, -0.05) is 6.07 Å². The Labute approximate surface area is 136 Å². The molecule has 5 nitrogen and oxygen atoms in total. The average Bonchev–Trinajstić information content (AvgIpc) is 2.98. The van der Waals surface area contributed by atoms with Crippen LogP contribution in [0.2, 0.25) is 0 Å². The smallest absolute Gasteiger partial charge is 0.255 e. The van der Waals surface area contributed by atoms with Crippen LogP contribution in [-0.4, -0.2) is 28.4 Å². The quantitative estimate of drug-likeness (QED) is 0.942. The van der Waals surface area contributed by atoms with Gasteiger partial charge in [0.2, 0.25) is 0 Å². The van der Waals surface area contributed by atoms with Crippen molar-refractivity contribution in [1.82, 2.24) is 9.78 Å². The highest BCUT2D eigenvalue weighted by molar-refractivity contribution is 6.04. The molecule has 1 saturated heterocycles. The molecular weight excluding hydrogens is 290 g/mol. The zero-order valence-corrected chi connectivity index (χ0v) is 13.7. The van der Waals surface area contributed by atoms with Crippen LogP contribution < -0.4 is 5.32 Å². The number of anilines is 1. The van der Waals surface area contributed by atoms with Crippen molar-refractivity contribution in [2.75, 3.05) is 11.9 Å². The minimum absolute atomic E-state index is 0.110. The number of nitrogens with one attached hydrogen (secondary N) is 1. The Balaban J connectivity index is 1.61. The summed E-state index contributed by atoms with van der Waals surface area (Å²) in [7, 11) is 0. The van der Waals surface area contributed by atoms with Gasteiger partial charge >= 0.3 is 0 Å². The first-order valence-corrected chi connectivity index (χ1v) is 8.14. The van der Waals surface area contributed by atoms with Gasteiger partial charge in [-0.05, 0) is 56.4 Å². The highest BCUT2D eigenvalue weighted by Gasteiger charge is 2.15. The number of aryl methyl sites for hydroxylation is 2. The summed E-state index contributed by atoms with van der Waals surface area (Å²) in [4.78, 5) is 12.3. The van der Waals surface area contributed by atoms with E-state index in [1.165, 1.54) is 12.0 Å². The molecule has 3 rings (SSSR count). The Hall–Kier alpha value is -2.14. The molecule has 1 aliphatic rings. The summed E-state index contributed by atoms with van der Waals surface area (Å²) < 4.78 is 7.56. The molecule has 1 fully saturated rings. The Morgan fingerprint density at radius 3 is 2.96 bits per heavy atom. The van der Waals surface area contributed by atoms with Crippen molar-refractivity contribution in [2.45, 2.75) is 45.8 Å². The Kier molecular flexibility index (Phi) is 4.76. The van der Waals surface area contributed by atoms with Gasteiger partial charge < -0.3 is 10.1 Å². The normalized spacial score (nSPS) is 17.9.